The maximum absolute atomic E-state index is 13.4. The molecule has 148 valence electrons. The van der Waals surface area contributed by atoms with Crippen LogP contribution < -0.4 is 10.2 Å². The zero-order valence-electron chi connectivity index (χ0n) is 16.4. The van der Waals surface area contributed by atoms with E-state index in [1.54, 1.807) is 15.8 Å². The Balaban J connectivity index is 1.67. The summed E-state index contributed by atoms with van der Waals surface area (Å²) in [7, 11) is 0. The summed E-state index contributed by atoms with van der Waals surface area (Å²) in [5, 5.41) is 7.25. The Morgan fingerprint density at radius 1 is 1.04 bits per heavy atom. The van der Waals surface area contributed by atoms with Crippen LogP contribution in [-0.4, -0.2) is 70.7 Å². The van der Waals surface area contributed by atoms with Gasteiger partial charge in [0.25, 0.3) is 5.91 Å². The molecule has 8 heteroatoms. The smallest absolute Gasteiger partial charge is 0.276 e. The fourth-order valence-electron chi connectivity index (χ4n) is 3.89. The van der Waals surface area contributed by atoms with E-state index in [2.05, 4.69) is 27.1 Å². The molecular formula is C20H26N6O2. The van der Waals surface area contributed by atoms with Gasteiger partial charge in [0.2, 0.25) is 5.91 Å². The minimum atomic E-state index is -0.242. The normalized spacial score (nSPS) is 17.6. The monoisotopic (exact) mass is 382 g/mol. The first-order valence-corrected chi connectivity index (χ1v) is 9.86. The molecule has 0 unspecified atom stereocenters. The third kappa shape index (κ3) is 3.29. The zero-order chi connectivity index (χ0) is 19.7. The van der Waals surface area contributed by atoms with Crippen molar-refractivity contribution in [1.82, 2.24) is 19.6 Å². The Morgan fingerprint density at radius 3 is 2.46 bits per heavy atom. The number of aromatic nitrogens is 2. The van der Waals surface area contributed by atoms with Crippen LogP contribution in [0.2, 0.25) is 0 Å². The van der Waals surface area contributed by atoms with Gasteiger partial charge in [-0.2, -0.15) is 5.10 Å². The molecule has 2 amide bonds. The molecule has 0 bridgehead atoms. The Bertz CT molecular complexity index is 885. The van der Waals surface area contributed by atoms with Crippen LogP contribution in [0.25, 0.3) is 0 Å². The maximum atomic E-state index is 13.4. The van der Waals surface area contributed by atoms with Crippen molar-refractivity contribution < 1.29 is 9.59 Å². The largest absolute Gasteiger partial charge is 0.319 e. The number of carbonyl (C=O) groups excluding carboxylic acids is 2. The Kier molecular flexibility index (Phi) is 5.15. The topological polar surface area (TPSA) is 73.7 Å². The molecule has 0 spiro atoms. The number of anilines is 3. The summed E-state index contributed by atoms with van der Waals surface area (Å²) in [6.45, 7) is 9.68. The summed E-state index contributed by atoms with van der Waals surface area (Å²) in [5.41, 5.74) is 2.28. The summed E-state index contributed by atoms with van der Waals surface area (Å²) < 4.78 is 1.64. The van der Waals surface area contributed by atoms with Gasteiger partial charge in [-0.15, -0.1) is 0 Å². The number of aryl methyl sites for hydroxylation is 1. The third-order valence-electron chi connectivity index (χ3n) is 5.49. The average Bonchev–Trinajstić information content (AvgIpc) is 3.08. The Morgan fingerprint density at radius 2 is 1.75 bits per heavy atom. The van der Waals surface area contributed by atoms with Gasteiger partial charge in [0.15, 0.2) is 5.69 Å². The van der Waals surface area contributed by atoms with Gasteiger partial charge < -0.3 is 10.2 Å². The van der Waals surface area contributed by atoms with Crippen molar-refractivity contribution >= 4 is 28.9 Å². The molecule has 3 heterocycles. The van der Waals surface area contributed by atoms with Crippen molar-refractivity contribution in [3.05, 3.63) is 36.2 Å². The SMILES string of the molecule is CCN1CCN(CC(=O)N2c3ccccc3NC(=O)c3c2cnn3CC)CC1. The van der Waals surface area contributed by atoms with Gasteiger partial charge in [-0.25, -0.2) is 0 Å². The quantitative estimate of drug-likeness (QED) is 0.872. The van der Waals surface area contributed by atoms with Crippen LogP contribution in [0.4, 0.5) is 17.1 Å². The Hall–Kier alpha value is -2.71. The highest BCUT2D eigenvalue weighted by Gasteiger charge is 2.33. The number of nitrogens with zero attached hydrogens (tertiary/aromatic N) is 5. The van der Waals surface area contributed by atoms with E-state index in [9.17, 15) is 9.59 Å². The van der Waals surface area contributed by atoms with Gasteiger partial charge in [0.05, 0.1) is 24.1 Å². The Labute approximate surface area is 164 Å². The van der Waals surface area contributed by atoms with Crippen LogP contribution in [0.3, 0.4) is 0 Å². The number of para-hydroxylation sites is 2. The fourth-order valence-corrected chi connectivity index (χ4v) is 3.89. The lowest BCUT2D eigenvalue weighted by Gasteiger charge is -2.34. The van der Waals surface area contributed by atoms with E-state index in [4.69, 9.17) is 0 Å². The zero-order valence-corrected chi connectivity index (χ0v) is 16.4. The second kappa shape index (κ2) is 7.73. The van der Waals surface area contributed by atoms with E-state index in [0.29, 0.717) is 35.8 Å². The second-order valence-corrected chi connectivity index (χ2v) is 7.11. The van der Waals surface area contributed by atoms with E-state index in [1.807, 2.05) is 31.2 Å². The van der Waals surface area contributed by atoms with Gasteiger partial charge in [0.1, 0.15) is 5.69 Å². The van der Waals surface area contributed by atoms with Crippen molar-refractivity contribution in [3.8, 4) is 0 Å². The molecular weight excluding hydrogens is 356 g/mol. The number of nitrogens with one attached hydrogen (secondary N) is 1. The van der Waals surface area contributed by atoms with Gasteiger partial charge >= 0.3 is 0 Å². The van der Waals surface area contributed by atoms with Crippen molar-refractivity contribution in [2.24, 2.45) is 0 Å². The molecule has 1 aromatic carbocycles. The average molecular weight is 382 g/mol. The molecule has 0 atom stereocenters. The number of fused-ring (bicyclic) bond motifs is 2. The predicted octanol–water partition coefficient (Wildman–Crippen LogP) is 1.77. The van der Waals surface area contributed by atoms with Crippen LogP contribution in [0, 0.1) is 0 Å². The van der Waals surface area contributed by atoms with Gasteiger partial charge in [0, 0.05) is 32.7 Å². The molecule has 28 heavy (non-hydrogen) atoms. The summed E-state index contributed by atoms with van der Waals surface area (Å²) in [6, 6.07) is 7.42. The first-order chi connectivity index (χ1) is 13.6. The lowest BCUT2D eigenvalue weighted by molar-refractivity contribution is -0.119. The molecule has 0 saturated carbocycles. The molecule has 8 nitrogen and oxygen atoms in total. The molecule has 0 aliphatic carbocycles. The summed E-state index contributed by atoms with van der Waals surface area (Å²) >= 11 is 0. The van der Waals surface area contributed by atoms with Crippen molar-refractivity contribution in [2.75, 3.05) is 49.5 Å². The highest BCUT2D eigenvalue weighted by Crippen LogP contribution is 2.37. The van der Waals surface area contributed by atoms with Crippen molar-refractivity contribution in [3.63, 3.8) is 0 Å². The molecule has 1 N–H and O–H groups in total. The number of carbonyl (C=O) groups is 2. The lowest BCUT2D eigenvalue weighted by atomic mass is 10.2. The number of piperazine rings is 1. The van der Waals surface area contributed by atoms with E-state index in [0.717, 1.165) is 32.7 Å². The number of benzene rings is 1. The van der Waals surface area contributed by atoms with Crippen LogP contribution in [0.15, 0.2) is 30.5 Å². The third-order valence-corrected chi connectivity index (χ3v) is 5.49. The highest BCUT2D eigenvalue weighted by molar-refractivity contribution is 6.17. The first-order valence-electron chi connectivity index (χ1n) is 9.86. The molecule has 4 rings (SSSR count). The van der Waals surface area contributed by atoms with E-state index in [1.165, 1.54) is 0 Å². The van der Waals surface area contributed by atoms with Crippen molar-refractivity contribution in [1.29, 1.82) is 0 Å². The summed E-state index contributed by atoms with van der Waals surface area (Å²) in [6.07, 6.45) is 1.62. The standard InChI is InChI=1S/C20H26N6O2/c1-3-23-9-11-24(12-10-23)14-18(27)26-16-8-6-5-7-15(16)22-20(28)19-17(26)13-21-25(19)4-2/h5-8,13H,3-4,9-12,14H2,1-2H3,(H,22,28). The number of rotatable bonds is 4. The maximum Gasteiger partial charge on any atom is 0.276 e. The predicted molar refractivity (Wildman–Crippen MR) is 108 cm³/mol. The molecule has 2 aliphatic heterocycles. The number of hydrogen-bond donors (Lipinski definition) is 1. The summed E-state index contributed by atoms with van der Waals surface area (Å²) in [4.78, 5) is 32.4. The lowest BCUT2D eigenvalue weighted by Crippen LogP contribution is -2.49. The fraction of sp³-hybridized carbons (Fsp3) is 0.450. The van der Waals surface area contributed by atoms with Crippen LogP contribution >= 0.6 is 0 Å². The number of hydrogen-bond acceptors (Lipinski definition) is 5. The number of amides is 2. The van der Waals surface area contributed by atoms with Crippen LogP contribution in [0.1, 0.15) is 24.3 Å². The molecule has 2 aliphatic rings. The minimum Gasteiger partial charge on any atom is -0.319 e. The minimum absolute atomic E-state index is 0.0502. The van der Waals surface area contributed by atoms with Crippen molar-refractivity contribution in [2.45, 2.75) is 20.4 Å². The molecule has 2 aromatic rings. The second-order valence-electron chi connectivity index (χ2n) is 7.11. The van der Waals surface area contributed by atoms with E-state index < -0.39 is 0 Å². The van der Waals surface area contributed by atoms with Crippen LogP contribution in [-0.2, 0) is 11.3 Å². The van der Waals surface area contributed by atoms with Gasteiger partial charge in [-0.05, 0) is 25.6 Å². The van der Waals surface area contributed by atoms with E-state index >= 15 is 0 Å². The van der Waals surface area contributed by atoms with Crippen LogP contribution in [0.5, 0.6) is 0 Å². The van der Waals surface area contributed by atoms with E-state index in [-0.39, 0.29) is 11.8 Å². The molecule has 1 fully saturated rings. The first kappa shape index (κ1) is 18.6. The molecule has 0 radical (unpaired) electrons. The molecule has 1 saturated heterocycles. The number of likely N-dealkylation sites (N-methyl/N-ethyl adjacent to an activating group) is 1. The van der Waals surface area contributed by atoms with Gasteiger partial charge in [-0.3, -0.25) is 24.1 Å². The highest BCUT2D eigenvalue weighted by atomic mass is 16.2. The summed E-state index contributed by atoms with van der Waals surface area (Å²) in [5.74, 6) is -0.292. The van der Waals surface area contributed by atoms with Gasteiger partial charge in [-0.1, -0.05) is 19.1 Å². The molecule has 1 aromatic heterocycles.